The van der Waals surface area contributed by atoms with Crippen LogP contribution in [0.15, 0.2) is 60.8 Å². The first kappa shape index (κ1) is 20.9. The third-order valence-electron chi connectivity index (χ3n) is 4.86. The monoisotopic (exact) mass is 432 g/mol. The van der Waals surface area contributed by atoms with Crippen LogP contribution in [0.5, 0.6) is 5.75 Å². The number of aromatic nitrogens is 3. The standard InChI is InChI=1S/C21H19F3N4O3/c22-21(23,24)31-18-8-6-16(7-9-18)19-13-28(26-25-19)20(29)27-10-11-30-14-17(27)12-15-4-2-1-3-5-15/h1-9,13,17H,10-12,14H2/t17-/m1/s1. The molecule has 1 aromatic heterocycles. The van der Waals surface area contributed by atoms with Crippen LogP contribution in [0.25, 0.3) is 11.3 Å². The quantitative estimate of drug-likeness (QED) is 0.628. The SMILES string of the molecule is O=C(N1CCOC[C@H]1Cc1ccccc1)n1cc(-c2ccc(OC(F)(F)F)cc2)nn1. The van der Waals surface area contributed by atoms with Crippen molar-refractivity contribution in [3.63, 3.8) is 0 Å². The number of amides is 1. The molecule has 162 valence electrons. The topological polar surface area (TPSA) is 69.5 Å². The predicted molar refractivity (Wildman–Crippen MR) is 104 cm³/mol. The van der Waals surface area contributed by atoms with Crippen LogP contribution in [0.1, 0.15) is 5.56 Å². The lowest BCUT2D eigenvalue weighted by Crippen LogP contribution is -2.51. The molecular weight excluding hydrogens is 413 g/mol. The minimum Gasteiger partial charge on any atom is -0.406 e. The number of rotatable bonds is 4. The molecule has 0 N–H and O–H groups in total. The summed E-state index contributed by atoms with van der Waals surface area (Å²) in [6.45, 7) is 1.27. The Morgan fingerprint density at radius 1 is 1.13 bits per heavy atom. The summed E-state index contributed by atoms with van der Waals surface area (Å²) in [6, 6.07) is 14.6. The minimum absolute atomic E-state index is 0.143. The molecule has 3 aromatic rings. The van der Waals surface area contributed by atoms with Gasteiger partial charge >= 0.3 is 12.4 Å². The molecule has 1 fully saturated rings. The third-order valence-corrected chi connectivity index (χ3v) is 4.86. The normalized spacial score (nSPS) is 16.9. The van der Waals surface area contributed by atoms with Crippen molar-refractivity contribution >= 4 is 6.03 Å². The van der Waals surface area contributed by atoms with Crippen LogP contribution in [0, 0.1) is 0 Å². The number of nitrogens with zero attached hydrogens (tertiary/aromatic N) is 4. The van der Waals surface area contributed by atoms with Gasteiger partial charge in [-0.1, -0.05) is 35.5 Å². The van der Waals surface area contributed by atoms with Crippen LogP contribution in [0.4, 0.5) is 18.0 Å². The highest BCUT2D eigenvalue weighted by atomic mass is 19.4. The van der Waals surface area contributed by atoms with E-state index in [1.807, 2.05) is 30.3 Å². The van der Waals surface area contributed by atoms with Crippen molar-refractivity contribution in [2.24, 2.45) is 0 Å². The zero-order valence-electron chi connectivity index (χ0n) is 16.3. The third kappa shape index (κ3) is 5.21. The zero-order valence-corrected chi connectivity index (χ0v) is 16.3. The number of hydrogen-bond donors (Lipinski definition) is 0. The number of morpholine rings is 1. The van der Waals surface area contributed by atoms with E-state index in [4.69, 9.17) is 4.74 Å². The maximum absolute atomic E-state index is 13.0. The fourth-order valence-electron chi connectivity index (χ4n) is 3.41. The molecule has 2 heterocycles. The van der Waals surface area contributed by atoms with E-state index in [1.165, 1.54) is 30.5 Å². The lowest BCUT2D eigenvalue weighted by molar-refractivity contribution is -0.274. The molecule has 7 nitrogen and oxygen atoms in total. The van der Waals surface area contributed by atoms with E-state index in [2.05, 4.69) is 15.0 Å². The Labute approximate surface area is 176 Å². The van der Waals surface area contributed by atoms with E-state index in [0.717, 1.165) is 10.2 Å². The van der Waals surface area contributed by atoms with Gasteiger partial charge in [0.2, 0.25) is 0 Å². The molecule has 10 heteroatoms. The molecule has 1 aliphatic rings. The van der Waals surface area contributed by atoms with Gasteiger partial charge < -0.3 is 14.4 Å². The number of hydrogen-bond acceptors (Lipinski definition) is 5. The Hall–Kier alpha value is -3.40. The molecule has 1 aliphatic heterocycles. The maximum Gasteiger partial charge on any atom is 0.573 e. The Morgan fingerprint density at radius 2 is 1.87 bits per heavy atom. The van der Waals surface area contributed by atoms with Gasteiger partial charge in [-0.25, -0.2) is 4.79 Å². The molecular formula is C21H19F3N4O3. The molecule has 2 aromatic carbocycles. The summed E-state index contributed by atoms with van der Waals surface area (Å²) < 4.78 is 47.5. The molecule has 4 rings (SSSR count). The van der Waals surface area contributed by atoms with Gasteiger partial charge in [-0.15, -0.1) is 18.3 Å². The van der Waals surface area contributed by atoms with Crippen molar-refractivity contribution in [2.75, 3.05) is 19.8 Å². The maximum atomic E-state index is 13.0. The Balaban J connectivity index is 1.48. The molecule has 0 saturated carbocycles. The highest BCUT2D eigenvalue weighted by Crippen LogP contribution is 2.25. The number of benzene rings is 2. The summed E-state index contributed by atoms with van der Waals surface area (Å²) in [5, 5.41) is 7.90. The lowest BCUT2D eigenvalue weighted by Gasteiger charge is -2.35. The fraction of sp³-hybridized carbons (Fsp3) is 0.286. The predicted octanol–water partition coefficient (Wildman–Crippen LogP) is 3.76. The second-order valence-corrected chi connectivity index (χ2v) is 7.01. The van der Waals surface area contributed by atoms with Crippen LogP contribution in [-0.4, -0.2) is 58.1 Å². The van der Waals surface area contributed by atoms with Gasteiger partial charge in [0.15, 0.2) is 0 Å². The van der Waals surface area contributed by atoms with E-state index < -0.39 is 6.36 Å². The van der Waals surface area contributed by atoms with E-state index in [1.54, 1.807) is 4.90 Å². The van der Waals surface area contributed by atoms with E-state index in [0.29, 0.717) is 37.4 Å². The summed E-state index contributed by atoms with van der Waals surface area (Å²) >= 11 is 0. The van der Waals surface area contributed by atoms with Gasteiger partial charge in [0, 0.05) is 12.1 Å². The van der Waals surface area contributed by atoms with Gasteiger partial charge in [0.25, 0.3) is 0 Å². The van der Waals surface area contributed by atoms with Gasteiger partial charge in [-0.3, -0.25) is 0 Å². The van der Waals surface area contributed by atoms with Gasteiger partial charge in [-0.2, -0.15) is 4.68 Å². The van der Waals surface area contributed by atoms with E-state index in [9.17, 15) is 18.0 Å². The first-order valence-electron chi connectivity index (χ1n) is 9.60. The highest BCUT2D eigenvalue weighted by molar-refractivity contribution is 5.77. The smallest absolute Gasteiger partial charge is 0.406 e. The van der Waals surface area contributed by atoms with Crippen molar-refractivity contribution in [3.05, 3.63) is 66.4 Å². The van der Waals surface area contributed by atoms with Gasteiger partial charge in [0.05, 0.1) is 25.5 Å². The second kappa shape index (κ2) is 8.76. The van der Waals surface area contributed by atoms with Crippen molar-refractivity contribution < 1.29 is 27.4 Å². The summed E-state index contributed by atoms with van der Waals surface area (Å²) in [5.41, 5.74) is 1.97. The second-order valence-electron chi connectivity index (χ2n) is 7.01. The number of carbonyl (C=O) groups is 1. The highest BCUT2D eigenvalue weighted by Gasteiger charge is 2.31. The zero-order chi connectivity index (χ0) is 21.8. The fourth-order valence-corrected chi connectivity index (χ4v) is 3.41. The average molecular weight is 432 g/mol. The van der Waals surface area contributed by atoms with Crippen LogP contribution in [-0.2, 0) is 11.2 Å². The Kier molecular flexibility index (Phi) is 5.90. The molecule has 1 amide bonds. The van der Waals surface area contributed by atoms with Gasteiger partial charge in [0.1, 0.15) is 11.4 Å². The van der Waals surface area contributed by atoms with Crippen LogP contribution < -0.4 is 4.74 Å². The molecule has 31 heavy (non-hydrogen) atoms. The molecule has 0 aliphatic carbocycles. The lowest BCUT2D eigenvalue weighted by atomic mass is 10.0. The number of halogens is 3. The van der Waals surface area contributed by atoms with Gasteiger partial charge in [-0.05, 0) is 36.2 Å². The Bertz CT molecular complexity index is 1020. The summed E-state index contributed by atoms with van der Waals surface area (Å²) in [5.74, 6) is -0.336. The molecule has 1 atom stereocenters. The molecule has 1 saturated heterocycles. The van der Waals surface area contributed by atoms with Crippen LogP contribution in [0.3, 0.4) is 0 Å². The van der Waals surface area contributed by atoms with E-state index in [-0.39, 0.29) is 17.8 Å². The molecule has 0 bridgehead atoms. The molecule has 0 unspecified atom stereocenters. The Morgan fingerprint density at radius 3 is 2.58 bits per heavy atom. The number of ether oxygens (including phenoxy) is 2. The minimum atomic E-state index is -4.76. The van der Waals surface area contributed by atoms with Crippen molar-refractivity contribution in [2.45, 2.75) is 18.8 Å². The van der Waals surface area contributed by atoms with Crippen molar-refractivity contribution in [1.29, 1.82) is 0 Å². The van der Waals surface area contributed by atoms with Crippen LogP contribution in [0.2, 0.25) is 0 Å². The number of carbonyl (C=O) groups excluding carboxylic acids is 1. The summed E-state index contributed by atoms with van der Waals surface area (Å²) in [6.07, 6.45) is -2.66. The summed E-state index contributed by atoms with van der Waals surface area (Å²) in [4.78, 5) is 14.7. The van der Waals surface area contributed by atoms with Crippen LogP contribution >= 0.6 is 0 Å². The number of alkyl halides is 3. The van der Waals surface area contributed by atoms with Crippen molar-refractivity contribution in [3.8, 4) is 17.0 Å². The van der Waals surface area contributed by atoms with E-state index >= 15 is 0 Å². The first-order valence-corrected chi connectivity index (χ1v) is 9.60. The first-order chi connectivity index (χ1) is 14.9. The molecule has 0 radical (unpaired) electrons. The average Bonchev–Trinajstić information content (AvgIpc) is 3.24. The van der Waals surface area contributed by atoms with Crippen molar-refractivity contribution in [1.82, 2.24) is 19.9 Å². The summed E-state index contributed by atoms with van der Waals surface area (Å²) in [7, 11) is 0. The largest absolute Gasteiger partial charge is 0.573 e. The molecule has 0 spiro atoms.